The summed E-state index contributed by atoms with van der Waals surface area (Å²) < 4.78 is 0. The van der Waals surface area contributed by atoms with E-state index in [1.165, 1.54) is 25.2 Å². The van der Waals surface area contributed by atoms with E-state index in [9.17, 15) is 0 Å². The second kappa shape index (κ2) is 1.99. The first-order valence-corrected chi connectivity index (χ1v) is 3.53. The number of hydrogen-bond acceptors (Lipinski definition) is 1. The lowest BCUT2D eigenvalue weighted by atomic mass is 10.3. The molecule has 0 N–H and O–H groups in total. The highest BCUT2D eigenvalue weighted by molar-refractivity contribution is 5.27. The van der Waals surface area contributed by atoms with Gasteiger partial charge >= 0.3 is 0 Å². The lowest BCUT2D eigenvalue weighted by Gasteiger charge is -1.96. The lowest BCUT2D eigenvalue weighted by Crippen LogP contribution is -1.99. The summed E-state index contributed by atoms with van der Waals surface area (Å²) in [6.07, 6.45) is 7.92. The van der Waals surface area contributed by atoms with Crippen molar-refractivity contribution >= 4 is 0 Å². The van der Waals surface area contributed by atoms with Gasteiger partial charge in [0.1, 0.15) is 0 Å². The molecule has 0 radical (unpaired) electrons. The van der Waals surface area contributed by atoms with Gasteiger partial charge in [-0.1, -0.05) is 18.2 Å². The molecule has 1 fully saturated rings. The normalized spacial score (nSPS) is 24.7. The zero-order valence-electron chi connectivity index (χ0n) is 5.51. The van der Waals surface area contributed by atoms with Gasteiger partial charge in [-0.05, 0) is 12.0 Å². The number of rotatable bonds is 2. The van der Waals surface area contributed by atoms with E-state index in [1.807, 2.05) is 0 Å². The molecule has 0 aromatic rings. The molecule has 0 spiro atoms. The van der Waals surface area contributed by atoms with Crippen molar-refractivity contribution in [1.82, 2.24) is 4.90 Å². The lowest BCUT2D eigenvalue weighted by molar-refractivity contribution is 0.617. The van der Waals surface area contributed by atoms with Crippen LogP contribution in [0.3, 0.4) is 0 Å². The molecule has 0 atom stereocenters. The van der Waals surface area contributed by atoms with Gasteiger partial charge < -0.3 is 0 Å². The van der Waals surface area contributed by atoms with Crippen molar-refractivity contribution in [2.24, 2.45) is 0 Å². The molecule has 9 heavy (non-hydrogen) atoms. The minimum atomic E-state index is 1.16. The Bertz CT molecular complexity index is 163. The van der Waals surface area contributed by atoms with Crippen LogP contribution in [0.4, 0.5) is 0 Å². The summed E-state index contributed by atoms with van der Waals surface area (Å²) in [7, 11) is 0. The van der Waals surface area contributed by atoms with Crippen LogP contribution in [0.25, 0.3) is 0 Å². The highest BCUT2D eigenvalue weighted by atomic mass is 15.2. The molecule has 0 unspecified atom stereocenters. The Kier molecular flexibility index (Phi) is 1.16. The fraction of sp³-hybridized carbons (Fsp3) is 0.500. The smallest absolute Gasteiger partial charge is 0.0231 e. The second-order valence-electron chi connectivity index (χ2n) is 2.69. The molecule has 1 heteroatoms. The summed E-state index contributed by atoms with van der Waals surface area (Å²) in [5, 5.41) is 0. The van der Waals surface area contributed by atoms with E-state index in [1.54, 1.807) is 0 Å². The molecule has 1 heterocycles. The monoisotopic (exact) mass is 121 g/mol. The molecule has 0 saturated carbocycles. The summed E-state index contributed by atoms with van der Waals surface area (Å²) in [6, 6.07) is 0. The first-order valence-electron chi connectivity index (χ1n) is 3.53. The maximum absolute atomic E-state index is 2.43. The third-order valence-electron chi connectivity index (χ3n) is 1.79. The molecule has 48 valence electrons. The fourth-order valence-corrected chi connectivity index (χ4v) is 1.11. The molecule has 0 aromatic carbocycles. The Morgan fingerprint density at radius 3 is 2.89 bits per heavy atom. The Balaban J connectivity index is 1.89. The largest absolute Gasteiger partial charge is 0.297 e. The van der Waals surface area contributed by atoms with Gasteiger partial charge in [-0.25, -0.2) is 0 Å². The predicted molar refractivity (Wildman–Crippen MR) is 38.3 cm³/mol. The Morgan fingerprint density at radius 2 is 2.33 bits per heavy atom. The zero-order valence-corrected chi connectivity index (χ0v) is 5.51. The first kappa shape index (κ1) is 5.24. The van der Waals surface area contributed by atoms with Crippen molar-refractivity contribution in [2.45, 2.75) is 6.42 Å². The van der Waals surface area contributed by atoms with Gasteiger partial charge in [0.05, 0.1) is 0 Å². The van der Waals surface area contributed by atoms with Gasteiger partial charge in [0, 0.05) is 19.6 Å². The van der Waals surface area contributed by atoms with Gasteiger partial charge in [0.2, 0.25) is 0 Å². The van der Waals surface area contributed by atoms with Crippen LogP contribution in [-0.4, -0.2) is 24.5 Å². The average Bonchev–Trinajstić information content (AvgIpc) is 2.46. The predicted octanol–water partition coefficient (Wildman–Crippen LogP) is 1.19. The second-order valence-corrected chi connectivity index (χ2v) is 2.69. The van der Waals surface area contributed by atoms with E-state index >= 15 is 0 Å². The van der Waals surface area contributed by atoms with Crippen LogP contribution >= 0.6 is 0 Å². The van der Waals surface area contributed by atoms with E-state index in [4.69, 9.17) is 0 Å². The van der Waals surface area contributed by atoms with Crippen molar-refractivity contribution < 1.29 is 0 Å². The van der Waals surface area contributed by atoms with Crippen LogP contribution in [-0.2, 0) is 0 Å². The van der Waals surface area contributed by atoms with E-state index < -0.39 is 0 Å². The maximum atomic E-state index is 2.43. The van der Waals surface area contributed by atoms with Crippen molar-refractivity contribution in [2.75, 3.05) is 19.6 Å². The molecular formula is C8H11N. The van der Waals surface area contributed by atoms with Gasteiger partial charge in [-0.15, -0.1) is 0 Å². The van der Waals surface area contributed by atoms with E-state index in [-0.39, 0.29) is 0 Å². The zero-order chi connectivity index (χ0) is 6.10. The highest BCUT2D eigenvalue weighted by Gasteiger charge is 2.17. The topological polar surface area (TPSA) is 3.01 Å². The van der Waals surface area contributed by atoms with Gasteiger partial charge in [0.25, 0.3) is 0 Å². The van der Waals surface area contributed by atoms with Crippen LogP contribution in [0, 0.1) is 0 Å². The Labute approximate surface area is 55.7 Å². The molecule has 2 rings (SSSR count). The van der Waals surface area contributed by atoms with E-state index in [0.29, 0.717) is 0 Å². The summed E-state index contributed by atoms with van der Waals surface area (Å²) in [5.74, 6) is 0. The van der Waals surface area contributed by atoms with E-state index in [2.05, 4.69) is 23.1 Å². The highest BCUT2D eigenvalue weighted by Crippen LogP contribution is 2.13. The van der Waals surface area contributed by atoms with Crippen molar-refractivity contribution in [3.8, 4) is 0 Å². The van der Waals surface area contributed by atoms with Crippen molar-refractivity contribution in [1.29, 1.82) is 0 Å². The van der Waals surface area contributed by atoms with Crippen LogP contribution in [0.1, 0.15) is 6.42 Å². The third-order valence-corrected chi connectivity index (χ3v) is 1.79. The molecule has 1 aliphatic carbocycles. The minimum absolute atomic E-state index is 1.16. The molecule has 0 aromatic heterocycles. The molecule has 0 amide bonds. The summed E-state index contributed by atoms with van der Waals surface area (Å²) in [5.41, 5.74) is 1.51. The SMILES string of the molecule is C1=CC(CN2CC2)=CC1. The van der Waals surface area contributed by atoms with Crippen molar-refractivity contribution in [3.63, 3.8) is 0 Å². The minimum Gasteiger partial charge on any atom is -0.297 e. The standard InChI is InChI=1S/C8H11N/c1-2-4-8(3-1)7-9-5-6-9/h1,3-4H,2,5-7H2. The van der Waals surface area contributed by atoms with Crippen LogP contribution in [0.2, 0.25) is 0 Å². The van der Waals surface area contributed by atoms with Crippen LogP contribution in [0.15, 0.2) is 23.8 Å². The number of nitrogens with zero attached hydrogens (tertiary/aromatic N) is 1. The molecular weight excluding hydrogens is 110 g/mol. The molecule has 1 saturated heterocycles. The van der Waals surface area contributed by atoms with Gasteiger partial charge in [0.15, 0.2) is 0 Å². The van der Waals surface area contributed by atoms with Crippen molar-refractivity contribution in [3.05, 3.63) is 23.8 Å². The molecule has 2 aliphatic rings. The summed E-state index contributed by atoms with van der Waals surface area (Å²) >= 11 is 0. The Morgan fingerprint density at radius 1 is 1.44 bits per heavy atom. The maximum Gasteiger partial charge on any atom is 0.0231 e. The Hall–Kier alpha value is -0.560. The number of hydrogen-bond donors (Lipinski definition) is 0. The summed E-state index contributed by atoms with van der Waals surface area (Å²) in [4.78, 5) is 2.43. The van der Waals surface area contributed by atoms with Crippen LogP contribution in [0.5, 0.6) is 0 Å². The average molecular weight is 121 g/mol. The summed E-state index contributed by atoms with van der Waals surface area (Å²) in [6.45, 7) is 3.81. The number of allylic oxidation sites excluding steroid dienone is 2. The van der Waals surface area contributed by atoms with E-state index in [0.717, 1.165) is 6.42 Å². The molecule has 1 aliphatic heterocycles. The third kappa shape index (κ3) is 1.22. The van der Waals surface area contributed by atoms with Gasteiger partial charge in [-0.3, -0.25) is 4.90 Å². The fourth-order valence-electron chi connectivity index (χ4n) is 1.11. The van der Waals surface area contributed by atoms with Gasteiger partial charge in [-0.2, -0.15) is 0 Å². The first-order chi connectivity index (χ1) is 4.45. The molecule has 0 bridgehead atoms. The van der Waals surface area contributed by atoms with Crippen LogP contribution < -0.4 is 0 Å². The quantitative estimate of drug-likeness (QED) is 0.496. The molecule has 1 nitrogen and oxygen atoms in total.